The predicted octanol–water partition coefficient (Wildman–Crippen LogP) is 3.10. The van der Waals surface area contributed by atoms with Crippen LogP contribution in [0.5, 0.6) is 0 Å². The van der Waals surface area contributed by atoms with E-state index in [1.807, 2.05) is 17.2 Å². The van der Waals surface area contributed by atoms with Gasteiger partial charge < -0.3 is 0 Å². The summed E-state index contributed by atoms with van der Waals surface area (Å²) in [4.78, 5) is 5.05. The Morgan fingerprint density at radius 1 is 1.48 bits per heavy atom. The molecule has 4 atom stereocenters. The van der Waals surface area contributed by atoms with Crippen molar-refractivity contribution in [2.75, 3.05) is 19.8 Å². The fourth-order valence-electron chi connectivity index (χ4n) is 2.29. The van der Waals surface area contributed by atoms with E-state index >= 15 is 0 Å². The first-order chi connectivity index (χ1) is 11.4. The molecule has 7 nitrogen and oxygen atoms in total. The summed E-state index contributed by atoms with van der Waals surface area (Å²) in [5, 5.41) is 8.74. The summed E-state index contributed by atoms with van der Waals surface area (Å²) in [6.45, 7) is 8.24. The van der Waals surface area contributed by atoms with Gasteiger partial charge in [0, 0.05) is 0 Å². The van der Waals surface area contributed by atoms with Gasteiger partial charge in [-0.15, -0.1) is 0 Å². The number of nitriles is 1. The van der Waals surface area contributed by atoms with Gasteiger partial charge in [-0.2, -0.15) is 0 Å². The molecular formula is C14H26N3O4PV. The molecule has 0 spiro atoms. The van der Waals surface area contributed by atoms with Crippen LogP contribution >= 0.6 is 8.53 Å². The van der Waals surface area contributed by atoms with E-state index in [9.17, 15) is 0 Å². The van der Waals surface area contributed by atoms with Crippen LogP contribution in [0.1, 0.15) is 41.9 Å². The molecule has 3 unspecified atom stereocenters. The molecule has 1 fully saturated rings. The van der Waals surface area contributed by atoms with Crippen molar-refractivity contribution >= 4 is 8.53 Å². The van der Waals surface area contributed by atoms with Gasteiger partial charge in [0.1, 0.15) is 0 Å². The van der Waals surface area contributed by atoms with Crippen molar-refractivity contribution in [1.29, 1.82) is 5.26 Å². The first-order valence-corrected chi connectivity index (χ1v) is 9.45. The average Bonchev–Trinajstić information content (AvgIpc) is 2.84. The van der Waals surface area contributed by atoms with Gasteiger partial charge in [0.25, 0.3) is 0 Å². The van der Waals surface area contributed by atoms with Crippen LogP contribution in [0.15, 0.2) is 3.95 Å². The van der Waals surface area contributed by atoms with E-state index in [1.54, 1.807) is 0 Å². The van der Waals surface area contributed by atoms with Crippen LogP contribution in [0.25, 0.3) is 0 Å². The molecule has 131 valence electrons. The summed E-state index contributed by atoms with van der Waals surface area (Å²) in [5.41, 5.74) is 0. The summed E-state index contributed by atoms with van der Waals surface area (Å²) in [5.74, 6) is 0. The van der Waals surface area contributed by atoms with Gasteiger partial charge in [-0.25, -0.2) is 0 Å². The van der Waals surface area contributed by atoms with Crippen molar-refractivity contribution < 1.29 is 37.2 Å². The molecule has 0 N–H and O–H groups in total. The maximum absolute atomic E-state index is 8.74. The molecule has 0 aliphatic carbocycles. The quantitative estimate of drug-likeness (QED) is 0.310. The first-order valence-electron chi connectivity index (χ1n) is 8.27. The van der Waals surface area contributed by atoms with Gasteiger partial charge in [0.05, 0.1) is 0 Å². The van der Waals surface area contributed by atoms with Gasteiger partial charge in [-0.3, -0.25) is 0 Å². The predicted molar refractivity (Wildman–Crippen MR) is 82.8 cm³/mol. The first kappa shape index (κ1) is 19.4. The fraction of sp³-hybridized carbons (Fsp3) is 0.929. The van der Waals surface area contributed by atoms with Gasteiger partial charge in [-0.1, -0.05) is 0 Å². The van der Waals surface area contributed by atoms with Gasteiger partial charge >= 0.3 is 150 Å². The van der Waals surface area contributed by atoms with Crippen LogP contribution in [0, 0.1) is 11.3 Å². The molecule has 0 bridgehead atoms. The van der Waals surface area contributed by atoms with Crippen LogP contribution in [-0.4, -0.2) is 48.8 Å². The number of nitrogens with zero attached hydrogens (tertiary/aromatic N) is 3. The van der Waals surface area contributed by atoms with E-state index in [4.69, 9.17) is 25.3 Å². The summed E-state index contributed by atoms with van der Waals surface area (Å²) in [7, 11) is -1.36. The molecule has 1 saturated heterocycles. The number of hydrogen-bond acceptors (Lipinski definition) is 7. The molecule has 0 aromatic heterocycles. The van der Waals surface area contributed by atoms with Crippen molar-refractivity contribution in [3.63, 3.8) is 0 Å². The third-order valence-corrected chi connectivity index (χ3v) is 5.53. The Hall–Kier alpha value is 0.104. The average molecular weight is 384 g/mol. The van der Waals surface area contributed by atoms with Crippen LogP contribution in [0.4, 0.5) is 0 Å². The molecule has 9 heteroatoms. The Kier molecular flexibility index (Phi) is 9.82. The van der Waals surface area contributed by atoms with E-state index < -0.39 is 15.1 Å². The number of rotatable bonds is 11. The minimum absolute atomic E-state index is 0.227. The van der Waals surface area contributed by atoms with E-state index in [0.29, 0.717) is 19.4 Å². The zero-order chi connectivity index (χ0) is 18.1. The standard InChI is InChI=1S/C14H26N3O4P.V/c1-11(2)17(12(3)4)22(20-8-5-7-15)21-13-6-9-18-14(13)10-19-16;/h11-14H,5-6,8-10H2,1-4H3;/t13?,14-,22?;/m1./s1/i9T;/t9?,13?,14-,22?;. The molecule has 23 heavy (non-hydrogen) atoms. The normalized spacial score (nSPS) is 26.5. The second-order valence-electron chi connectivity index (χ2n) is 5.64. The molecule has 1 aliphatic rings. The van der Waals surface area contributed by atoms with Crippen molar-refractivity contribution in [1.82, 2.24) is 4.67 Å². The Bertz CT molecular complexity index is 419. The monoisotopic (exact) mass is 384 g/mol. The van der Waals surface area contributed by atoms with Crippen LogP contribution in [0.3, 0.4) is 0 Å². The second kappa shape index (κ2) is 11.6. The van der Waals surface area contributed by atoms with Crippen molar-refractivity contribution in [3.05, 3.63) is 0 Å². The van der Waals surface area contributed by atoms with Crippen LogP contribution < -0.4 is 0 Å². The number of hydrogen-bond donors (Lipinski definition) is 0. The number of ether oxygens (including phenoxy) is 1. The Labute approximate surface area is 150 Å². The molecule has 1 heterocycles. The summed E-state index contributed by atoms with van der Waals surface area (Å²) >= 11 is 1.99. The van der Waals surface area contributed by atoms with E-state index in [0.717, 1.165) is 0 Å². The van der Waals surface area contributed by atoms with Crippen LogP contribution in [-0.2, 0) is 35.9 Å². The third-order valence-electron chi connectivity index (χ3n) is 3.20. The van der Waals surface area contributed by atoms with Gasteiger partial charge in [0.15, 0.2) is 0 Å². The fourth-order valence-corrected chi connectivity index (χ4v) is 4.15. The van der Waals surface area contributed by atoms with Crippen molar-refractivity contribution in [3.8, 4) is 6.07 Å². The Morgan fingerprint density at radius 2 is 2.17 bits per heavy atom. The second-order valence-corrected chi connectivity index (χ2v) is 7.31. The zero-order valence-corrected chi connectivity index (χ0v) is 16.4. The summed E-state index contributed by atoms with van der Waals surface area (Å²) in [6.07, 6.45) is 0.117. The maximum atomic E-state index is 8.74. The van der Waals surface area contributed by atoms with Gasteiger partial charge in [0.2, 0.25) is 0 Å². The third kappa shape index (κ3) is 7.25. The zero-order valence-electron chi connectivity index (χ0n) is 15.1. The molecule has 1 rings (SSSR count). The van der Waals surface area contributed by atoms with Crippen LogP contribution in [0.2, 0.25) is 0 Å². The Balaban J connectivity index is 2.81. The molecule has 1 aliphatic heterocycles. The van der Waals surface area contributed by atoms with Gasteiger partial charge in [-0.05, 0) is 0 Å². The molecular weight excluding hydrogens is 356 g/mol. The molecule has 0 radical (unpaired) electrons. The summed E-state index contributed by atoms with van der Waals surface area (Å²) < 4.78 is 31.2. The topological polar surface area (TPSA) is 76.3 Å². The SMILES string of the molecule is [3H]C1CC(OP(OCCC#N)N(C(C)C)C(C)C)[C@@H](CO[N]=[V])O1. The molecule has 0 saturated carbocycles. The van der Waals surface area contributed by atoms with E-state index in [2.05, 4.69) is 42.4 Å². The Morgan fingerprint density at radius 3 is 2.74 bits per heavy atom. The molecule has 0 aromatic rings. The van der Waals surface area contributed by atoms with Crippen molar-refractivity contribution in [2.24, 2.45) is 3.95 Å². The van der Waals surface area contributed by atoms with E-state index in [-0.39, 0.29) is 30.9 Å². The molecule has 0 aromatic carbocycles. The summed E-state index contributed by atoms with van der Waals surface area (Å²) in [6, 6.07) is 2.53. The minimum atomic E-state index is -1.36. The van der Waals surface area contributed by atoms with Crippen molar-refractivity contribution in [2.45, 2.75) is 64.8 Å². The van der Waals surface area contributed by atoms with E-state index in [1.165, 1.54) is 0 Å². The molecule has 0 amide bonds.